The minimum absolute atomic E-state index is 0.161. The molecule has 1 saturated heterocycles. The van der Waals surface area contributed by atoms with Crippen molar-refractivity contribution in [1.29, 1.82) is 0 Å². The van der Waals surface area contributed by atoms with Crippen LogP contribution in [0.5, 0.6) is 0 Å². The van der Waals surface area contributed by atoms with E-state index in [1.165, 1.54) is 0 Å². The molecule has 3 aromatic carbocycles. The first kappa shape index (κ1) is 26.7. The van der Waals surface area contributed by atoms with Gasteiger partial charge in [-0.15, -0.1) is 0 Å². The summed E-state index contributed by atoms with van der Waals surface area (Å²) in [6.07, 6.45) is -0.938. The second-order valence-corrected chi connectivity index (χ2v) is 10.9. The number of hydrogen-bond acceptors (Lipinski definition) is 6. The molecule has 7 heteroatoms. The lowest BCUT2D eigenvalue weighted by molar-refractivity contribution is -0.125. The summed E-state index contributed by atoms with van der Waals surface area (Å²) < 4.78 is 37.1. The van der Waals surface area contributed by atoms with E-state index in [1.807, 2.05) is 54.6 Å². The van der Waals surface area contributed by atoms with Crippen LogP contribution >= 0.6 is 7.60 Å². The minimum atomic E-state index is -3.32. The Morgan fingerprint density at radius 3 is 1.69 bits per heavy atom. The second kappa shape index (κ2) is 12.3. The van der Waals surface area contributed by atoms with Crippen molar-refractivity contribution in [3.8, 4) is 0 Å². The van der Waals surface area contributed by atoms with Crippen LogP contribution in [0.15, 0.2) is 91.0 Å². The Kier molecular flexibility index (Phi) is 9.13. The molecule has 6 nitrogen and oxygen atoms in total. The van der Waals surface area contributed by atoms with E-state index in [0.717, 1.165) is 16.7 Å². The maximum Gasteiger partial charge on any atom is 0.331 e. The third-order valence-corrected chi connectivity index (χ3v) is 8.70. The van der Waals surface area contributed by atoms with E-state index in [1.54, 1.807) is 13.8 Å². The quantitative estimate of drug-likeness (QED) is 0.239. The Morgan fingerprint density at radius 2 is 1.28 bits per heavy atom. The van der Waals surface area contributed by atoms with Gasteiger partial charge in [-0.05, 0) is 30.5 Å². The van der Waals surface area contributed by atoms with Crippen molar-refractivity contribution in [1.82, 2.24) is 0 Å². The van der Waals surface area contributed by atoms with Gasteiger partial charge in [0.1, 0.15) is 5.60 Å². The molecule has 0 amide bonds. The van der Waals surface area contributed by atoms with E-state index in [4.69, 9.17) is 18.5 Å². The van der Waals surface area contributed by atoms with Crippen LogP contribution in [0, 0.1) is 5.92 Å². The number of aliphatic hydroxyl groups excluding tert-OH is 1. The summed E-state index contributed by atoms with van der Waals surface area (Å²) in [6.45, 7) is 4.33. The van der Waals surface area contributed by atoms with Crippen LogP contribution in [0.1, 0.15) is 37.0 Å². The van der Waals surface area contributed by atoms with Gasteiger partial charge in [0.05, 0.1) is 32.1 Å². The third-order valence-electron chi connectivity index (χ3n) is 6.48. The number of benzene rings is 3. The van der Waals surface area contributed by atoms with Gasteiger partial charge in [-0.2, -0.15) is 0 Å². The van der Waals surface area contributed by atoms with Crippen molar-refractivity contribution < 1.29 is 28.2 Å². The standard InChI is InChI=1S/C29H35O6P/c1-3-33-36(31,34-4-2)22-23-20-28(30)35-27(23)21-32-29(24-14-8-5-9-15-24,25-16-10-6-11-17-25)26-18-12-7-13-19-26/h5-19,23,27-28,30H,3-4,20-22H2,1-2H3/t23-,27-,28?/m1/s1. The fourth-order valence-corrected chi connectivity index (χ4v) is 6.98. The fraction of sp³-hybridized carbons (Fsp3) is 0.379. The zero-order valence-corrected chi connectivity index (χ0v) is 21.8. The molecule has 3 aromatic rings. The first-order valence-corrected chi connectivity index (χ1v) is 14.3. The van der Waals surface area contributed by atoms with E-state index in [0.29, 0.717) is 6.42 Å². The zero-order chi connectivity index (χ0) is 25.4. The van der Waals surface area contributed by atoms with Gasteiger partial charge in [-0.25, -0.2) is 0 Å². The van der Waals surface area contributed by atoms with Crippen molar-refractivity contribution in [3.05, 3.63) is 108 Å². The average Bonchev–Trinajstić information content (AvgIpc) is 3.24. The fourth-order valence-electron chi connectivity index (χ4n) is 4.95. The molecule has 36 heavy (non-hydrogen) atoms. The van der Waals surface area contributed by atoms with Gasteiger partial charge in [-0.3, -0.25) is 4.57 Å². The molecule has 0 bridgehead atoms. The highest BCUT2D eigenvalue weighted by atomic mass is 31.2. The molecular weight excluding hydrogens is 475 g/mol. The summed E-state index contributed by atoms with van der Waals surface area (Å²) in [5.74, 6) is -0.246. The summed E-state index contributed by atoms with van der Waals surface area (Å²) >= 11 is 0. The monoisotopic (exact) mass is 510 g/mol. The SMILES string of the molecule is CCOP(=O)(C[C@H]1CC(O)O[C@@H]1COC(c1ccccc1)(c1ccccc1)c1ccccc1)OCC. The predicted molar refractivity (Wildman–Crippen MR) is 140 cm³/mol. The number of ether oxygens (including phenoxy) is 2. The van der Waals surface area contributed by atoms with Crippen molar-refractivity contribution in [2.24, 2.45) is 5.92 Å². The summed E-state index contributed by atoms with van der Waals surface area (Å²) in [5.41, 5.74) is 2.03. The molecular formula is C29H35O6P. The van der Waals surface area contributed by atoms with Crippen molar-refractivity contribution in [3.63, 3.8) is 0 Å². The molecule has 0 saturated carbocycles. The normalized spacial score (nSPS) is 20.5. The van der Waals surface area contributed by atoms with Crippen LogP contribution in [-0.2, 0) is 28.7 Å². The van der Waals surface area contributed by atoms with Gasteiger partial charge < -0.3 is 23.6 Å². The van der Waals surface area contributed by atoms with E-state index in [9.17, 15) is 9.67 Å². The molecule has 1 heterocycles. The van der Waals surface area contributed by atoms with E-state index in [-0.39, 0.29) is 31.9 Å². The summed E-state index contributed by atoms with van der Waals surface area (Å²) in [7, 11) is -3.32. The van der Waals surface area contributed by atoms with E-state index >= 15 is 0 Å². The lowest BCUT2D eigenvalue weighted by Gasteiger charge is -2.37. The molecule has 1 fully saturated rings. The molecule has 0 radical (unpaired) electrons. The molecule has 1 unspecified atom stereocenters. The highest BCUT2D eigenvalue weighted by Gasteiger charge is 2.43. The lowest BCUT2D eigenvalue weighted by Crippen LogP contribution is -2.37. The number of aliphatic hydroxyl groups is 1. The molecule has 1 aliphatic rings. The van der Waals surface area contributed by atoms with Gasteiger partial charge in [0.2, 0.25) is 0 Å². The maximum atomic E-state index is 13.3. The summed E-state index contributed by atoms with van der Waals surface area (Å²) in [4.78, 5) is 0. The molecule has 1 N–H and O–H groups in total. The Labute approximate surface area is 213 Å². The zero-order valence-electron chi connectivity index (χ0n) is 20.9. The van der Waals surface area contributed by atoms with Gasteiger partial charge >= 0.3 is 7.60 Å². The van der Waals surface area contributed by atoms with Crippen LogP contribution in [-0.4, -0.2) is 43.5 Å². The van der Waals surface area contributed by atoms with Gasteiger partial charge in [-0.1, -0.05) is 91.0 Å². The topological polar surface area (TPSA) is 74.2 Å². The lowest BCUT2D eigenvalue weighted by atomic mass is 9.80. The van der Waals surface area contributed by atoms with Crippen molar-refractivity contribution in [2.45, 2.75) is 38.3 Å². The number of rotatable bonds is 12. The Hall–Kier alpha value is -2.31. The molecule has 192 valence electrons. The minimum Gasteiger partial charge on any atom is -0.368 e. The van der Waals surface area contributed by atoms with E-state index in [2.05, 4.69) is 36.4 Å². The first-order chi connectivity index (χ1) is 17.5. The Balaban J connectivity index is 1.70. The van der Waals surface area contributed by atoms with Gasteiger partial charge in [0.15, 0.2) is 6.29 Å². The molecule has 0 aliphatic carbocycles. The van der Waals surface area contributed by atoms with Crippen LogP contribution < -0.4 is 0 Å². The molecule has 3 atom stereocenters. The largest absolute Gasteiger partial charge is 0.368 e. The van der Waals surface area contributed by atoms with Gasteiger partial charge in [0.25, 0.3) is 0 Å². The Bertz CT molecular complexity index is 1000. The predicted octanol–water partition coefficient (Wildman–Crippen LogP) is 5.98. The molecule has 1 aliphatic heterocycles. The molecule has 0 aromatic heterocycles. The smallest absolute Gasteiger partial charge is 0.331 e. The maximum absolute atomic E-state index is 13.3. The second-order valence-electron chi connectivity index (χ2n) is 8.84. The Morgan fingerprint density at radius 1 is 0.833 bits per heavy atom. The van der Waals surface area contributed by atoms with Gasteiger partial charge in [0, 0.05) is 12.3 Å². The molecule has 0 spiro atoms. The average molecular weight is 511 g/mol. The van der Waals surface area contributed by atoms with Crippen molar-refractivity contribution >= 4 is 7.60 Å². The van der Waals surface area contributed by atoms with Crippen LogP contribution in [0.4, 0.5) is 0 Å². The first-order valence-electron chi connectivity index (χ1n) is 12.5. The summed E-state index contributed by atoms with van der Waals surface area (Å²) in [6, 6.07) is 30.3. The van der Waals surface area contributed by atoms with Crippen LogP contribution in [0.25, 0.3) is 0 Å². The van der Waals surface area contributed by atoms with E-state index < -0.39 is 25.6 Å². The highest BCUT2D eigenvalue weighted by Crippen LogP contribution is 2.52. The van der Waals surface area contributed by atoms with Crippen LogP contribution in [0.2, 0.25) is 0 Å². The highest BCUT2D eigenvalue weighted by molar-refractivity contribution is 7.53. The van der Waals surface area contributed by atoms with Crippen molar-refractivity contribution in [2.75, 3.05) is 26.0 Å². The third kappa shape index (κ3) is 5.97. The van der Waals surface area contributed by atoms with Crippen LogP contribution in [0.3, 0.4) is 0 Å². The number of hydrogen-bond donors (Lipinski definition) is 1. The molecule has 4 rings (SSSR count). The summed E-state index contributed by atoms with van der Waals surface area (Å²) in [5, 5.41) is 10.4.